The van der Waals surface area contributed by atoms with Crippen molar-refractivity contribution < 1.29 is 0 Å². The Hall–Kier alpha value is -4.24. The van der Waals surface area contributed by atoms with Crippen molar-refractivity contribution in [2.75, 3.05) is 9.80 Å². The van der Waals surface area contributed by atoms with Gasteiger partial charge < -0.3 is 9.80 Å². The first-order valence-corrected chi connectivity index (χ1v) is 23.1. The summed E-state index contributed by atoms with van der Waals surface area (Å²) in [5, 5.41) is 0. The van der Waals surface area contributed by atoms with E-state index in [4.69, 9.17) is 0 Å². The van der Waals surface area contributed by atoms with Gasteiger partial charge in [0.1, 0.15) is 0 Å². The van der Waals surface area contributed by atoms with Gasteiger partial charge in [-0.15, -0.1) is 0 Å². The monoisotopic (exact) mass is 781 g/mol. The van der Waals surface area contributed by atoms with Gasteiger partial charge in [-0.2, -0.15) is 0 Å². The van der Waals surface area contributed by atoms with Crippen LogP contribution >= 0.6 is 0 Å². The summed E-state index contributed by atoms with van der Waals surface area (Å²) in [7, 11) is 0. The topological polar surface area (TPSA) is 6.48 Å². The first-order valence-electron chi connectivity index (χ1n) is 23.1. The molecule has 3 heteroatoms. The van der Waals surface area contributed by atoms with Crippen LogP contribution in [-0.2, 0) is 34.5 Å². The van der Waals surface area contributed by atoms with Crippen LogP contribution in [0.2, 0.25) is 0 Å². The minimum Gasteiger partial charge on any atom is -0.311 e. The highest BCUT2D eigenvalue weighted by Gasteiger charge is 2.44. The van der Waals surface area contributed by atoms with Gasteiger partial charge in [-0.05, 0) is 170 Å². The van der Waals surface area contributed by atoms with E-state index in [0.717, 1.165) is 0 Å². The Bertz CT molecular complexity index is 2370. The molecular weight excluding hydrogens is 711 g/mol. The minimum absolute atomic E-state index is 0.00970. The lowest BCUT2D eigenvalue weighted by molar-refractivity contribution is 0.444. The van der Waals surface area contributed by atoms with E-state index < -0.39 is 0 Å². The smallest absolute Gasteiger partial charge is 0.252 e. The van der Waals surface area contributed by atoms with Crippen molar-refractivity contribution in [1.82, 2.24) is 0 Å². The molecule has 2 nitrogen and oxygen atoms in total. The zero-order valence-corrected chi connectivity index (χ0v) is 38.5. The Morgan fingerprint density at radius 2 is 0.898 bits per heavy atom. The molecule has 0 N–H and O–H groups in total. The van der Waals surface area contributed by atoms with E-state index in [-0.39, 0.29) is 28.4 Å². The van der Waals surface area contributed by atoms with Gasteiger partial charge in [-0.3, -0.25) is 0 Å². The summed E-state index contributed by atoms with van der Waals surface area (Å²) >= 11 is 0. The van der Waals surface area contributed by atoms with Crippen molar-refractivity contribution in [3.05, 3.63) is 124 Å². The zero-order valence-electron chi connectivity index (χ0n) is 38.5. The van der Waals surface area contributed by atoms with Gasteiger partial charge in [0.15, 0.2) is 0 Å². The molecule has 1 fully saturated rings. The van der Waals surface area contributed by atoms with Crippen LogP contribution < -0.4 is 26.2 Å². The summed E-state index contributed by atoms with van der Waals surface area (Å²) in [5.41, 5.74) is 22.6. The third-order valence-corrected chi connectivity index (χ3v) is 14.4. The molecular formula is C56H69BN2. The molecule has 0 aromatic heterocycles. The number of hydrogen-bond acceptors (Lipinski definition) is 2. The van der Waals surface area contributed by atoms with Gasteiger partial charge >= 0.3 is 0 Å². The molecule has 1 saturated carbocycles. The van der Waals surface area contributed by atoms with Gasteiger partial charge in [0.05, 0.1) is 0 Å². The summed E-state index contributed by atoms with van der Waals surface area (Å²) in [5.74, 6) is 0.634. The molecule has 0 bridgehead atoms. The molecule has 306 valence electrons. The molecule has 59 heavy (non-hydrogen) atoms. The molecule has 0 radical (unpaired) electrons. The minimum atomic E-state index is 0.00970. The van der Waals surface area contributed by atoms with E-state index >= 15 is 0 Å². The SMILES string of the molecule is CC(C)(C)c1cc(N2c3ccc(C4CCCCC4)cc3B3c4cc5c(cc4N(c4cc(C(C)(C)C)cc(C(C)(C)C)c4)c4cccc2c43)CCCC5)cc(C(C)(C)C)c1. The van der Waals surface area contributed by atoms with E-state index in [1.807, 2.05) is 0 Å². The molecule has 9 rings (SSSR count). The molecule has 0 atom stereocenters. The number of benzene rings is 5. The van der Waals surface area contributed by atoms with Crippen LogP contribution in [0.5, 0.6) is 0 Å². The third-order valence-electron chi connectivity index (χ3n) is 14.4. The van der Waals surface area contributed by atoms with Gasteiger partial charge in [0, 0.05) is 34.1 Å². The van der Waals surface area contributed by atoms with Crippen LogP contribution in [0, 0.1) is 0 Å². The molecule has 2 aliphatic carbocycles. The highest BCUT2D eigenvalue weighted by molar-refractivity contribution is 7.00. The Morgan fingerprint density at radius 3 is 1.39 bits per heavy atom. The molecule has 2 heterocycles. The summed E-state index contributed by atoms with van der Waals surface area (Å²) in [6.07, 6.45) is 11.5. The average molecular weight is 781 g/mol. The maximum absolute atomic E-state index is 2.68. The quantitative estimate of drug-likeness (QED) is 0.165. The van der Waals surface area contributed by atoms with Gasteiger partial charge in [-0.1, -0.05) is 139 Å². The fourth-order valence-electron chi connectivity index (χ4n) is 10.6. The van der Waals surface area contributed by atoms with Crippen molar-refractivity contribution in [3.8, 4) is 0 Å². The number of anilines is 6. The normalized spacial score (nSPS) is 17.1. The van der Waals surface area contributed by atoms with Gasteiger partial charge in [-0.25, -0.2) is 0 Å². The Kier molecular flexibility index (Phi) is 9.65. The van der Waals surface area contributed by atoms with Crippen LogP contribution in [0.4, 0.5) is 34.1 Å². The largest absolute Gasteiger partial charge is 0.311 e. The second-order valence-electron chi connectivity index (χ2n) is 22.9. The van der Waals surface area contributed by atoms with Crippen LogP contribution in [-0.4, -0.2) is 6.71 Å². The zero-order chi connectivity index (χ0) is 41.8. The maximum atomic E-state index is 2.68. The third kappa shape index (κ3) is 7.17. The standard InChI is InChI=1S/C56H69BN2/c1-53(2,3)40-30-41(54(4,5)6)33-44(32-40)58-48-26-25-39(36-19-14-13-15-20-36)28-46(48)57-47-27-37-21-16-17-22-38(37)29-51(47)59(50-24-18-23-49(58)52(50)57)45-34-42(55(7,8)9)31-43(35-45)56(10,11)12/h18,23-36H,13-17,19-22H2,1-12H3. The molecule has 0 unspecified atom stereocenters. The highest BCUT2D eigenvalue weighted by atomic mass is 15.2. The Balaban J connectivity index is 1.38. The number of hydrogen-bond donors (Lipinski definition) is 0. The first kappa shape index (κ1) is 40.2. The predicted molar refractivity (Wildman–Crippen MR) is 258 cm³/mol. The van der Waals surface area contributed by atoms with Gasteiger partial charge in [0.2, 0.25) is 0 Å². The van der Waals surface area contributed by atoms with Crippen LogP contribution in [0.1, 0.15) is 173 Å². The van der Waals surface area contributed by atoms with E-state index in [9.17, 15) is 0 Å². The first-order chi connectivity index (χ1) is 27.8. The van der Waals surface area contributed by atoms with Crippen molar-refractivity contribution in [3.63, 3.8) is 0 Å². The predicted octanol–water partition coefficient (Wildman–Crippen LogP) is 13.9. The fraction of sp³-hybridized carbons (Fsp3) is 0.464. The summed E-state index contributed by atoms with van der Waals surface area (Å²) < 4.78 is 0. The van der Waals surface area contributed by atoms with E-state index in [1.54, 1.807) is 11.1 Å². The van der Waals surface area contributed by atoms with Crippen LogP contribution in [0.15, 0.2) is 84.9 Å². The van der Waals surface area contributed by atoms with Crippen molar-refractivity contribution in [2.45, 2.75) is 168 Å². The second-order valence-corrected chi connectivity index (χ2v) is 22.9. The lowest BCUT2D eigenvalue weighted by Crippen LogP contribution is -2.61. The molecule has 4 aliphatic rings. The summed E-state index contributed by atoms with van der Waals surface area (Å²) in [4.78, 5) is 5.35. The summed E-state index contributed by atoms with van der Waals surface area (Å²) in [6.45, 7) is 28.6. The molecule has 5 aromatic carbocycles. The Morgan fingerprint density at radius 1 is 0.441 bits per heavy atom. The Labute approximate surface area is 357 Å². The number of fused-ring (bicyclic) bond motifs is 5. The average Bonchev–Trinajstić information content (AvgIpc) is 3.18. The van der Waals surface area contributed by atoms with Crippen LogP contribution in [0.25, 0.3) is 0 Å². The van der Waals surface area contributed by atoms with E-state index in [1.165, 1.54) is 136 Å². The van der Waals surface area contributed by atoms with Crippen molar-refractivity contribution >= 4 is 57.2 Å². The molecule has 2 aliphatic heterocycles. The van der Waals surface area contributed by atoms with Crippen LogP contribution in [0.3, 0.4) is 0 Å². The van der Waals surface area contributed by atoms with Crippen molar-refractivity contribution in [2.24, 2.45) is 0 Å². The lowest BCUT2D eigenvalue weighted by atomic mass is 9.33. The number of rotatable bonds is 3. The fourth-order valence-corrected chi connectivity index (χ4v) is 10.6. The van der Waals surface area contributed by atoms with Crippen molar-refractivity contribution in [1.29, 1.82) is 0 Å². The molecule has 0 amide bonds. The maximum Gasteiger partial charge on any atom is 0.252 e. The van der Waals surface area contributed by atoms with E-state index in [2.05, 4.69) is 178 Å². The van der Waals surface area contributed by atoms with E-state index in [0.29, 0.717) is 5.92 Å². The number of nitrogens with zero attached hydrogens (tertiary/aromatic N) is 2. The number of aryl methyl sites for hydroxylation is 2. The second kappa shape index (κ2) is 14.2. The molecule has 0 spiro atoms. The lowest BCUT2D eigenvalue weighted by Gasteiger charge is -2.45. The molecule has 0 saturated heterocycles. The summed E-state index contributed by atoms with van der Waals surface area (Å²) in [6, 6.07) is 35.2. The van der Waals surface area contributed by atoms with Gasteiger partial charge in [0.25, 0.3) is 6.71 Å². The highest BCUT2D eigenvalue weighted by Crippen LogP contribution is 2.48. The molecule has 5 aromatic rings.